The maximum Gasteiger partial charge on any atom is 0.118 e. The van der Waals surface area contributed by atoms with Gasteiger partial charge in [-0.15, -0.1) is 0 Å². The van der Waals surface area contributed by atoms with Crippen LogP contribution in [0, 0.1) is 6.92 Å². The Hall–Kier alpha value is -1.61. The monoisotopic (exact) mass is 242 g/mol. The fraction of sp³-hybridized carbons (Fsp3) is 0.400. The lowest BCUT2D eigenvalue weighted by Crippen LogP contribution is -2.23. The quantitative estimate of drug-likeness (QED) is 0.878. The van der Waals surface area contributed by atoms with Crippen LogP contribution in [0.25, 0.3) is 0 Å². The van der Waals surface area contributed by atoms with Crippen molar-refractivity contribution in [1.29, 1.82) is 0 Å². The van der Waals surface area contributed by atoms with E-state index < -0.39 is 5.60 Å². The molecule has 0 amide bonds. The highest BCUT2D eigenvalue weighted by atomic mass is 16.3. The predicted octanol–water partition coefficient (Wildman–Crippen LogP) is 2.39. The largest absolute Gasteiger partial charge is 0.380 e. The molecule has 2 aromatic rings. The van der Waals surface area contributed by atoms with Crippen molar-refractivity contribution in [3.63, 3.8) is 0 Å². The fourth-order valence-corrected chi connectivity index (χ4v) is 2.79. The molecule has 1 aliphatic carbocycles. The second-order valence-electron chi connectivity index (χ2n) is 5.11. The zero-order chi connectivity index (χ0) is 12.8. The first-order valence-corrected chi connectivity index (χ1v) is 6.49. The Morgan fingerprint density at radius 1 is 1.44 bits per heavy atom. The van der Waals surface area contributed by atoms with Crippen LogP contribution < -0.4 is 0 Å². The van der Waals surface area contributed by atoms with Crippen molar-refractivity contribution in [2.75, 3.05) is 0 Å². The minimum atomic E-state index is -0.852. The van der Waals surface area contributed by atoms with Crippen molar-refractivity contribution in [3.8, 4) is 0 Å². The molecule has 0 bridgehead atoms. The summed E-state index contributed by atoms with van der Waals surface area (Å²) < 4.78 is 1.86. The van der Waals surface area contributed by atoms with Crippen LogP contribution in [0.2, 0.25) is 0 Å². The van der Waals surface area contributed by atoms with E-state index in [9.17, 15) is 5.11 Å². The lowest BCUT2D eigenvalue weighted by atomic mass is 9.89. The topological polar surface area (TPSA) is 38.0 Å². The summed E-state index contributed by atoms with van der Waals surface area (Å²) in [7, 11) is 0. The van der Waals surface area contributed by atoms with E-state index in [2.05, 4.69) is 30.2 Å². The van der Waals surface area contributed by atoms with Gasteiger partial charge in [-0.05, 0) is 37.8 Å². The highest BCUT2D eigenvalue weighted by molar-refractivity contribution is 5.45. The molecule has 1 aliphatic rings. The van der Waals surface area contributed by atoms with Crippen LogP contribution >= 0.6 is 0 Å². The van der Waals surface area contributed by atoms with E-state index in [4.69, 9.17) is 0 Å². The molecule has 3 heteroatoms. The minimum absolute atomic E-state index is 0.751. The average molecular weight is 242 g/mol. The summed E-state index contributed by atoms with van der Waals surface area (Å²) in [5.41, 5.74) is 3.56. The number of benzene rings is 1. The Bertz CT molecular complexity index is 588. The molecule has 0 saturated heterocycles. The van der Waals surface area contributed by atoms with Crippen molar-refractivity contribution in [3.05, 3.63) is 52.8 Å². The summed E-state index contributed by atoms with van der Waals surface area (Å²) in [6.45, 7) is 4.94. The Kier molecular flexibility index (Phi) is 2.52. The molecule has 3 rings (SSSR count). The van der Waals surface area contributed by atoms with Gasteiger partial charge in [0, 0.05) is 18.3 Å². The van der Waals surface area contributed by atoms with Crippen LogP contribution in [0.3, 0.4) is 0 Å². The number of aliphatic hydroxyl groups is 1. The van der Waals surface area contributed by atoms with Crippen molar-refractivity contribution in [1.82, 2.24) is 9.78 Å². The van der Waals surface area contributed by atoms with E-state index in [-0.39, 0.29) is 0 Å². The van der Waals surface area contributed by atoms with Crippen molar-refractivity contribution in [2.24, 2.45) is 0 Å². The van der Waals surface area contributed by atoms with Crippen LogP contribution in [0.4, 0.5) is 0 Å². The molecule has 3 nitrogen and oxygen atoms in total. The van der Waals surface area contributed by atoms with E-state index in [1.807, 2.05) is 17.8 Å². The predicted molar refractivity (Wildman–Crippen MR) is 70.4 cm³/mol. The molecule has 0 spiro atoms. The van der Waals surface area contributed by atoms with Gasteiger partial charge in [-0.25, -0.2) is 0 Å². The molecule has 1 aromatic carbocycles. The lowest BCUT2D eigenvalue weighted by Gasteiger charge is -2.22. The molecule has 0 radical (unpaired) electrons. The van der Waals surface area contributed by atoms with Crippen LogP contribution in [-0.2, 0) is 18.6 Å². The van der Waals surface area contributed by atoms with Gasteiger partial charge < -0.3 is 5.11 Å². The lowest BCUT2D eigenvalue weighted by molar-refractivity contribution is 0.0828. The second kappa shape index (κ2) is 3.95. The summed E-state index contributed by atoms with van der Waals surface area (Å²) in [5.74, 6) is 0. The van der Waals surface area contributed by atoms with E-state index in [1.54, 1.807) is 6.20 Å². The zero-order valence-electron chi connectivity index (χ0n) is 10.8. The molecule has 0 aliphatic heterocycles. The van der Waals surface area contributed by atoms with Gasteiger partial charge in [-0.2, -0.15) is 5.10 Å². The molecule has 1 N–H and O–H groups in total. The van der Waals surface area contributed by atoms with Crippen LogP contribution in [0.1, 0.15) is 35.6 Å². The third-order valence-electron chi connectivity index (χ3n) is 3.90. The van der Waals surface area contributed by atoms with E-state index in [1.165, 1.54) is 11.1 Å². The van der Waals surface area contributed by atoms with Gasteiger partial charge in [0.25, 0.3) is 0 Å². The minimum Gasteiger partial charge on any atom is -0.380 e. The average Bonchev–Trinajstić information content (AvgIpc) is 2.96. The number of hydrogen-bond acceptors (Lipinski definition) is 2. The number of nitrogens with zero attached hydrogens (tertiary/aromatic N) is 2. The standard InChI is InChI=1S/C15H18N2O/c1-3-17-10-13(9-16-17)15(18)7-6-12-5-4-11(2)8-14(12)15/h4-5,8-10,18H,3,6-7H2,1-2H3. The Labute approximate surface area is 107 Å². The second-order valence-corrected chi connectivity index (χ2v) is 5.11. The Morgan fingerprint density at radius 3 is 3.00 bits per heavy atom. The van der Waals surface area contributed by atoms with Crippen molar-refractivity contribution < 1.29 is 5.11 Å². The number of fused-ring (bicyclic) bond motifs is 1. The third kappa shape index (κ3) is 1.58. The van der Waals surface area contributed by atoms with Gasteiger partial charge >= 0.3 is 0 Å². The molecular formula is C15H18N2O. The highest BCUT2D eigenvalue weighted by Crippen LogP contribution is 2.42. The molecule has 94 valence electrons. The van der Waals surface area contributed by atoms with Gasteiger partial charge in [0.1, 0.15) is 5.60 Å². The first-order valence-electron chi connectivity index (χ1n) is 6.49. The van der Waals surface area contributed by atoms with Gasteiger partial charge in [-0.1, -0.05) is 23.8 Å². The van der Waals surface area contributed by atoms with Gasteiger partial charge in [0.2, 0.25) is 0 Å². The summed E-state index contributed by atoms with van der Waals surface area (Å²) in [4.78, 5) is 0. The summed E-state index contributed by atoms with van der Waals surface area (Å²) in [5, 5.41) is 15.3. The van der Waals surface area contributed by atoms with Crippen molar-refractivity contribution >= 4 is 0 Å². The van der Waals surface area contributed by atoms with Crippen LogP contribution in [0.15, 0.2) is 30.6 Å². The number of hydrogen-bond donors (Lipinski definition) is 1. The molecular weight excluding hydrogens is 224 g/mol. The molecule has 1 unspecified atom stereocenters. The van der Waals surface area contributed by atoms with E-state index >= 15 is 0 Å². The van der Waals surface area contributed by atoms with Gasteiger partial charge in [0.05, 0.1) is 6.20 Å². The number of rotatable bonds is 2. The SMILES string of the molecule is CCn1cc(C2(O)CCc3ccc(C)cc32)cn1. The Balaban J connectivity index is 2.10. The zero-order valence-corrected chi connectivity index (χ0v) is 10.8. The normalized spacial score (nSPS) is 22.2. The maximum absolute atomic E-state index is 11.0. The third-order valence-corrected chi connectivity index (χ3v) is 3.90. The van der Waals surface area contributed by atoms with Crippen molar-refractivity contribution in [2.45, 2.75) is 38.8 Å². The smallest absolute Gasteiger partial charge is 0.118 e. The summed E-state index contributed by atoms with van der Waals surface area (Å²) in [6, 6.07) is 6.35. The number of aryl methyl sites for hydroxylation is 3. The van der Waals surface area contributed by atoms with Gasteiger partial charge in [-0.3, -0.25) is 4.68 Å². The molecule has 1 heterocycles. The summed E-state index contributed by atoms with van der Waals surface area (Å²) >= 11 is 0. The highest BCUT2D eigenvalue weighted by Gasteiger charge is 2.39. The molecule has 18 heavy (non-hydrogen) atoms. The summed E-state index contributed by atoms with van der Waals surface area (Å²) in [6.07, 6.45) is 5.43. The fourth-order valence-electron chi connectivity index (χ4n) is 2.79. The molecule has 1 aromatic heterocycles. The number of aromatic nitrogens is 2. The van der Waals surface area contributed by atoms with Crippen LogP contribution in [-0.4, -0.2) is 14.9 Å². The Morgan fingerprint density at radius 2 is 2.28 bits per heavy atom. The van der Waals surface area contributed by atoms with Crippen LogP contribution in [0.5, 0.6) is 0 Å². The first kappa shape index (κ1) is 11.5. The van der Waals surface area contributed by atoms with Gasteiger partial charge in [0.15, 0.2) is 0 Å². The molecule has 1 atom stereocenters. The molecule has 0 saturated carbocycles. The van der Waals surface area contributed by atoms with E-state index in [0.29, 0.717) is 0 Å². The molecule has 0 fully saturated rings. The maximum atomic E-state index is 11.0. The first-order chi connectivity index (χ1) is 8.63. The van der Waals surface area contributed by atoms with E-state index in [0.717, 1.165) is 30.5 Å².